The summed E-state index contributed by atoms with van der Waals surface area (Å²) in [5.41, 5.74) is 1.84. The molecule has 23 heavy (non-hydrogen) atoms. The summed E-state index contributed by atoms with van der Waals surface area (Å²) in [4.78, 5) is 27.7. The molecule has 2 N–H and O–H groups in total. The lowest BCUT2D eigenvalue weighted by molar-refractivity contribution is -0.122. The number of hydrogen-bond donors (Lipinski definition) is 2. The highest BCUT2D eigenvalue weighted by Gasteiger charge is 2.37. The van der Waals surface area contributed by atoms with E-state index in [0.29, 0.717) is 19.5 Å². The Morgan fingerprint density at radius 2 is 2.04 bits per heavy atom. The minimum atomic E-state index is -0.490. The second-order valence-corrected chi connectivity index (χ2v) is 6.38. The van der Waals surface area contributed by atoms with Crippen molar-refractivity contribution in [3.8, 4) is 0 Å². The van der Waals surface area contributed by atoms with Crippen molar-refractivity contribution < 1.29 is 9.59 Å². The number of rotatable bonds is 4. The molecule has 3 amide bonds. The van der Waals surface area contributed by atoms with Gasteiger partial charge in [-0.25, -0.2) is 4.79 Å². The third kappa shape index (κ3) is 3.22. The highest BCUT2D eigenvalue weighted by molar-refractivity contribution is 7.09. The van der Waals surface area contributed by atoms with Crippen molar-refractivity contribution in [3.05, 3.63) is 52.2 Å². The molecular formula is C17H19N3O2S. The number of carbonyl (C=O) groups is 2. The number of hydrogen-bond acceptors (Lipinski definition) is 3. The lowest BCUT2D eigenvalue weighted by atomic mass is 10.1. The molecule has 1 aliphatic heterocycles. The van der Waals surface area contributed by atoms with Gasteiger partial charge in [-0.15, -0.1) is 11.3 Å². The first-order valence-electron chi connectivity index (χ1n) is 7.65. The van der Waals surface area contributed by atoms with Crippen LogP contribution in [0.5, 0.6) is 0 Å². The zero-order chi connectivity index (χ0) is 16.2. The van der Waals surface area contributed by atoms with E-state index in [0.717, 1.165) is 16.1 Å². The minimum absolute atomic E-state index is 0.116. The van der Waals surface area contributed by atoms with Gasteiger partial charge in [0, 0.05) is 23.5 Å². The maximum Gasteiger partial charge on any atom is 0.322 e. The highest BCUT2D eigenvalue weighted by atomic mass is 32.1. The van der Waals surface area contributed by atoms with Gasteiger partial charge in [0.15, 0.2) is 0 Å². The minimum Gasteiger partial charge on any atom is -0.355 e. The van der Waals surface area contributed by atoms with Crippen molar-refractivity contribution in [2.75, 3.05) is 11.4 Å². The van der Waals surface area contributed by atoms with Crippen LogP contribution >= 0.6 is 11.3 Å². The summed E-state index contributed by atoms with van der Waals surface area (Å²) in [7, 11) is 0. The number of carbonyl (C=O) groups excluding carboxylic acids is 2. The number of anilines is 1. The molecule has 0 bridgehead atoms. The maximum absolute atomic E-state index is 12.7. The molecule has 0 saturated heterocycles. The van der Waals surface area contributed by atoms with Crippen molar-refractivity contribution >= 4 is 29.0 Å². The van der Waals surface area contributed by atoms with Gasteiger partial charge < -0.3 is 10.6 Å². The van der Waals surface area contributed by atoms with Crippen LogP contribution in [0.25, 0.3) is 0 Å². The van der Waals surface area contributed by atoms with Crippen molar-refractivity contribution in [2.45, 2.75) is 25.9 Å². The van der Waals surface area contributed by atoms with E-state index in [1.807, 2.05) is 48.7 Å². The van der Waals surface area contributed by atoms with E-state index < -0.39 is 6.04 Å². The Labute approximate surface area is 139 Å². The van der Waals surface area contributed by atoms with Crippen LogP contribution in [-0.2, 0) is 17.8 Å². The van der Waals surface area contributed by atoms with Gasteiger partial charge in [0.2, 0.25) is 5.91 Å². The number of nitrogens with zero attached hydrogens (tertiary/aromatic N) is 1. The lowest BCUT2D eigenvalue weighted by Gasteiger charge is -2.25. The summed E-state index contributed by atoms with van der Waals surface area (Å²) in [5, 5.41) is 7.71. The van der Waals surface area contributed by atoms with Crippen LogP contribution in [-0.4, -0.2) is 24.5 Å². The largest absolute Gasteiger partial charge is 0.355 e. The van der Waals surface area contributed by atoms with E-state index >= 15 is 0 Å². The lowest BCUT2D eigenvalue weighted by Crippen LogP contribution is -2.51. The zero-order valence-electron chi connectivity index (χ0n) is 12.9. The number of amides is 3. The second kappa shape index (κ2) is 6.83. The first-order valence-corrected chi connectivity index (χ1v) is 8.53. The molecule has 1 aromatic heterocycles. The van der Waals surface area contributed by atoms with Gasteiger partial charge in [0.05, 0.1) is 6.54 Å². The molecule has 0 aliphatic carbocycles. The van der Waals surface area contributed by atoms with Gasteiger partial charge in [0.25, 0.3) is 0 Å². The Bertz CT molecular complexity index is 700. The first kappa shape index (κ1) is 15.6. The fourth-order valence-corrected chi connectivity index (χ4v) is 3.44. The standard InChI is InChI=1S/C17H19N3O2S/c1-2-18-16(21)15-10-12-6-3-4-8-14(12)20(15)17(22)19-11-13-7-5-9-23-13/h3-9,15H,2,10-11H2,1H3,(H,18,21)(H,19,22). The summed E-state index contributed by atoms with van der Waals surface area (Å²) in [6, 6.07) is 10.9. The molecule has 2 heterocycles. The van der Waals surface area contributed by atoms with Crippen LogP contribution in [0.15, 0.2) is 41.8 Å². The van der Waals surface area contributed by atoms with E-state index in [9.17, 15) is 9.59 Å². The fourth-order valence-electron chi connectivity index (χ4n) is 2.80. The van der Waals surface area contributed by atoms with E-state index in [2.05, 4.69) is 10.6 Å². The third-order valence-corrected chi connectivity index (χ3v) is 4.72. The van der Waals surface area contributed by atoms with Crippen LogP contribution in [0.4, 0.5) is 10.5 Å². The SMILES string of the molecule is CCNC(=O)C1Cc2ccccc2N1C(=O)NCc1cccs1. The molecule has 0 saturated carbocycles. The Kier molecular flexibility index (Phi) is 4.62. The topological polar surface area (TPSA) is 61.4 Å². The quantitative estimate of drug-likeness (QED) is 0.905. The van der Waals surface area contributed by atoms with Crippen LogP contribution in [0.3, 0.4) is 0 Å². The molecule has 120 valence electrons. The van der Waals surface area contributed by atoms with Gasteiger partial charge in [-0.1, -0.05) is 24.3 Å². The van der Waals surface area contributed by atoms with E-state index in [-0.39, 0.29) is 11.9 Å². The third-order valence-electron chi connectivity index (χ3n) is 3.84. The predicted molar refractivity (Wildman–Crippen MR) is 91.7 cm³/mol. The zero-order valence-corrected chi connectivity index (χ0v) is 13.7. The van der Waals surface area contributed by atoms with E-state index in [1.54, 1.807) is 16.2 Å². The molecule has 0 fully saturated rings. The number of nitrogens with one attached hydrogen (secondary N) is 2. The molecule has 6 heteroatoms. The number of thiophene rings is 1. The molecule has 1 unspecified atom stereocenters. The number of urea groups is 1. The maximum atomic E-state index is 12.7. The Morgan fingerprint density at radius 1 is 1.22 bits per heavy atom. The van der Waals surface area contributed by atoms with Crippen LogP contribution in [0.1, 0.15) is 17.4 Å². The molecule has 2 aromatic rings. The Hall–Kier alpha value is -2.34. The Morgan fingerprint density at radius 3 is 2.78 bits per heavy atom. The van der Waals surface area contributed by atoms with Gasteiger partial charge in [-0.2, -0.15) is 0 Å². The number of para-hydroxylation sites is 1. The predicted octanol–water partition coefficient (Wildman–Crippen LogP) is 2.53. The number of fused-ring (bicyclic) bond motifs is 1. The average Bonchev–Trinajstić information content (AvgIpc) is 3.20. The van der Waals surface area contributed by atoms with Crippen molar-refractivity contribution in [2.24, 2.45) is 0 Å². The molecule has 1 aromatic carbocycles. The van der Waals surface area contributed by atoms with Crippen LogP contribution in [0.2, 0.25) is 0 Å². The summed E-state index contributed by atoms with van der Waals surface area (Å²) in [5.74, 6) is -0.116. The van der Waals surface area contributed by atoms with Crippen LogP contribution < -0.4 is 15.5 Å². The molecular weight excluding hydrogens is 310 g/mol. The molecule has 0 radical (unpaired) electrons. The first-order chi connectivity index (χ1) is 11.2. The Balaban J connectivity index is 1.79. The summed E-state index contributed by atoms with van der Waals surface area (Å²) < 4.78 is 0. The molecule has 0 spiro atoms. The molecule has 3 rings (SSSR count). The van der Waals surface area contributed by atoms with Gasteiger partial charge in [-0.05, 0) is 30.0 Å². The second-order valence-electron chi connectivity index (χ2n) is 5.35. The number of likely N-dealkylation sites (N-methyl/N-ethyl adjacent to an activating group) is 1. The average molecular weight is 329 g/mol. The van der Waals surface area contributed by atoms with Crippen LogP contribution in [0, 0.1) is 0 Å². The van der Waals surface area contributed by atoms with E-state index in [4.69, 9.17) is 0 Å². The molecule has 1 aliphatic rings. The fraction of sp³-hybridized carbons (Fsp3) is 0.294. The number of benzene rings is 1. The summed E-state index contributed by atoms with van der Waals surface area (Å²) in [6.07, 6.45) is 0.550. The van der Waals surface area contributed by atoms with E-state index in [1.165, 1.54) is 0 Å². The van der Waals surface area contributed by atoms with Gasteiger partial charge in [-0.3, -0.25) is 9.69 Å². The summed E-state index contributed by atoms with van der Waals surface area (Å²) >= 11 is 1.60. The molecule has 5 nitrogen and oxygen atoms in total. The highest BCUT2D eigenvalue weighted by Crippen LogP contribution is 2.32. The van der Waals surface area contributed by atoms with Crippen molar-refractivity contribution in [1.82, 2.24) is 10.6 Å². The monoisotopic (exact) mass is 329 g/mol. The summed E-state index contributed by atoms with van der Waals surface area (Å²) in [6.45, 7) is 2.90. The van der Waals surface area contributed by atoms with Crippen molar-refractivity contribution in [3.63, 3.8) is 0 Å². The van der Waals surface area contributed by atoms with Gasteiger partial charge >= 0.3 is 6.03 Å². The van der Waals surface area contributed by atoms with Crippen molar-refractivity contribution in [1.29, 1.82) is 0 Å². The smallest absolute Gasteiger partial charge is 0.322 e. The molecule has 1 atom stereocenters. The van der Waals surface area contributed by atoms with Gasteiger partial charge in [0.1, 0.15) is 6.04 Å². The normalized spacial score (nSPS) is 16.0.